The zero-order valence-electron chi connectivity index (χ0n) is 18.1. The molecule has 0 spiro atoms. The number of piperazine rings is 1. The molecule has 1 aliphatic rings. The van der Waals surface area contributed by atoms with Gasteiger partial charge in [0.15, 0.2) is 0 Å². The van der Waals surface area contributed by atoms with E-state index < -0.39 is 0 Å². The third kappa shape index (κ3) is 4.96. The normalized spacial score (nSPS) is 14.0. The van der Waals surface area contributed by atoms with E-state index in [1.165, 1.54) is 6.26 Å². The number of nitrogens with zero attached hydrogens (tertiary/aromatic N) is 3. The lowest BCUT2D eigenvalue weighted by atomic mass is 10.2. The van der Waals surface area contributed by atoms with Gasteiger partial charge >= 0.3 is 0 Å². The summed E-state index contributed by atoms with van der Waals surface area (Å²) in [6.45, 7) is 7.71. The average molecular weight is 414 g/mol. The van der Waals surface area contributed by atoms with Crippen LogP contribution in [0.15, 0.2) is 41.0 Å². The maximum Gasteiger partial charge on any atom is 0.257 e. The van der Waals surface area contributed by atoms with Crippen molar-refractivity contribution in [3.63, 3.8) is 0 Å². The van der Waals surface area contributed by atoms with Crippen LogP contribution in [0.4, 0.5) is 5.69 Å². The summed E-state index contributed by atoms with van der Waals surface area (Å²) in [7, 11) is 1.67. The molecule has 0 saturated carbocycles. The number of ether oxygens (including phenoxy) is 1. The molecule has 3 rings (SSSR count). The van der Waals surface area contributed by atoms with Gasteiger partial charge in [-0.2, -0.15) is 0 Å². The molecule has 1 aliphatic heterocycles. The summed E-state index contributed by atoms with van der Waals surface area (Å²) >= 11 is 0. The van der Waals surface area contributed by atoms with Gasteiger partial charge < -0.3 is 23.9 Å². The van der Waals surface area contributed by atoms with E-state index in [-0.39, 0.29) is 11.8 Å². The molecule has 1 aromatic carbocycles. The molecule has 2 amide bonds. The predicted octanol–water partition coefficient (Wildman–Crippen LogP) is 3.19. The lowest BCUT2D eigenvalue weighted by molar-refractivity contribution is -0.131. The van der Waals surface area contributed by atoms with Crippen LogP contribution < -0.4 is 9.64 Å². The summed E-state index contributed by atoms with van der Waals surface area (Å²) in [6.07, 6.45) is 2.70. The number of carbonyl (C=O) groups is 2. The monoisotopic (exact) mass is 413 g/mol. The Morgan fingerprint density at radius 3 is 2.47 bits per heavy atom. The molecule has 0 bridgehead atoms. The molecule has 0 aliphatic carbocycles. The average Bonchev–Trinajstić information content (AvgIpc) is 3.21. The van der Waals surface area contributed by atoms with E-state index in [4.69, 9.17) is 9.15 Å². The van der Waals surface area contributed by atoms with Gasteiger partial charge in [0.2, 0.25) is 5.91 Å². The Labute approximate surface area is 178 Å². The molecule has 162 valence electrons. The van der Waals surface area contributed by atoms with Crippen LogP contribution in [0.25, 0.3) is 0 Å². The van der Waals surface area contributed by atoms with Crippen molar-refractivity contribution < 1.29 is 18.7 Å². The number of carbonyl (C=O) groups excluding carboxylic acids is 2. The molecule has 0 atom stereocenters. The van der Waals surface area contributed by atoms with Crippen molar-refractivity contribution in [2.75, 3.05) is 51.3 Å². The van der Waals surface area contributed by atoms with Gasteiger partial charge in [-0.25, -0.2) is 0 Å². The highest BCUT2D eigenvalue weighted by molar-refractivity contribution is 5.95. The smallest absolute Gasteiger partial charge is 0.257 e. The fraction of sp³-hybridized carbons (Fsp3) is 0.478. The van der Waals surface area contributed by atoms with E-state index in [1.54, 1.807) is 25.0 Å². The van der Waals surface area contributed by atoms with Gasteiger partial charge in [-0.3, -0.25) is 9.59 Å². The first kappa shape index (κ1) is 21.7. The Balaban J connectivity index is 1.53. The third-order valence-corrected chi connectivity index (χ3v) is 5.52. The number of amides is 2. The fourth-order valence-corrected chi connectivity index (χ4v) is 3.84. The Hall–Kier alpha value is -2.96. The zero-order chi connectivity index (χ0) is 21.5. The number of rotatable bonds is 8. The van der Waals surface area contributed by atoms with E-state index in [0.717, 1.165) is 30.9 Å². The van der Waals surface area contributed by atoms with Crippen LogP contribution in [-0.4, -0.2) is 68.0 Å². The van der Waals surface area contributed by atoms with Crippen molar-refractivity contribution in [2.24, 2.45) is 0 Å². The van der Waals surface area contributed by atoms with Crippen LogP contribution in [-0.2, 0) is 4.79 Å². The van der Waals surface area contributed by atoms with E-state index >= 15 is 0 Å². The fourth-order valence-electron chi connectivity index (χ4n) is 3.84. The third-order valence-electron chi connectivity index (χ3n) is 5.52. The molecule has 2 heterocycles. The standard InChI is InChI=1S/C23H31N3O4/c1-4-11-26(23(28)19-10-17-30-18(19)2)12-9-22(27)25-15-13-24(14-16-25)20-7-5-6-8-21(20)29-3/h5-8,10,17H,4,9,11-16H2,1-3H3. The number of methoxy groups -OCH3 is 1. The lowest BCUT2D eigenvalue weighted by Gasteiger charge is -2.37. The van der Waals surface area contributed by atoms with Crippen molar-refractivity contribution in [1.82, 2.24) is 9.80 Å². The van der Waals surface area contributed by atoms with Crippen LogP contribution in [0.3, 0.4) is 0 Å². The summed E-state index contributed by atoms with van der Waals surface area (Å²) in [5.41, 5.74) is 1.63. The highest BCUT2D eigenvalue weighted by atomic mass is 16.5. The van der Waals surface area contributed by atoms with E-state index in [2.05, 4.69) is 4.90 Å². The quantitative estimate of drug-likeness (QED) is 0.665. The Morgan fingerprint density at radius 1 is 1.10 bits per heavy atom. The second-order valence-electron chi connectivity index (χ2n) is 7.47. The largest absolute Gasteiger partial charge is 0.495 e. The molecule has 0 unspecified atom stereocenters. The maximum absolute atomic E-state index is 12.8. The Kier molecular flexibility index (Phi) is 7.38. The van der Waals surface area contributed by atoms with Gasteiger partial charge in [-0.15, -0.1) is 0 Å². The number of hydrogen-bond acceptors (Lipinski definition) is 5. The van der Waals surface area contributed by atoms with Crippen molar-refractivity contribution >= 4 is 17.5 Å². The molecule has 7 heteroatoms. The second-order valence-corrected chi connectivity index (χ2v) is 7.47. The van der Waals surface area contributed by atoms with Gasteiger partial charge in [-0.1, -0.05) is 19.1 Å². The molecule has 1 saturated heterocycles. The van der Waals surface area contributed by atoms with Gasteiger partial charge in [0.05, 0.1) is 24.6 Å². The van der Waals surface area contributed by atoms with Gasteiger partial charge in [0.1, 0.15) is 11.5 Å². The molecular formula is C23H31N3O4. The summed E-state index contributed by atoms with van der Waals surface area (Å²) in [5, 5.41) is 0. The molecule has 0 N–H and O–H groups in total. The highest BCUT2D eigenvalue weighted by Crippen LogP contribution is 2.28. The maximum atomic E-state index is 12.8. The molecule has 1 fully saturated rings. The minimum Gasteiger partial charge on any atom is -0.495 e. The number of benzene rings is 1. The van der Waals surface area contributed by atoms with Gasteiger partial charge in [0, 0.05) is 45.7 Å². The molecule has 1 aromatic heterocycles. The van der Waals surface area contributed by atoms with Crippen molar-refractivity contribution in [1.29, 1.82) is 0 Å². The van der Waals surface area contributed by atoms with Gasteiger partial charge in [0.25, 0.3) is 5.91 Å². The molecule has 7 nitrogen and oxygen atoms in total. The molecule has 30 heavy (non-hydrogen) atoms. The summed E-state index contributed by atoms with van der Waals surface area (Å²) < 4.78 is 10.7. The first-order valence-corrected chi connectivity index (χ1v) is 10.5. The first-order chi connectivity index (χ1) is 14.5. The van der Waals surface area contributed by atoms with Gasteiger partial charge in [-0.05, 0) is 31.5 Å². The summed E-state index contributed by atoms with van der Waals surface area (Å²) in [4.78, 5) is 31.5. The number of anilines is 1. The van der Waals surface area contributed by atoms with E-state index in [1.807, 2.05) is 36.1 Å². The molecule has 2 aromatic rings. The van der Waals surface area contributed by atoms with Crippen LogP contribution >= 0.6 is 0 Å². The topological polar surface area (TPSA) is 66.2 Å². The van der Waals surface area contributed by atoms with Crippen molar-refractivity contribution in [3.05, 3.63) is 47.9 Å². The lowest BCUT2D eigenvalue weighted by Crippen LogP contribution is -2.49. The van der Waals surface area contributed by atoms with Crippen molar-refractivity contribution in [2.45, 2.75) is 26.7 Å². The predicted molar refractivity (Wildman–Crippen MR) is 116 cm³/mol. The minimum atomic E-state index is -0.0723. The molecular weight excluding hydrogens is 382 g/mol. The summed E-state index contributed by atoms with van der Waals surface area (Å²) in [6, 6.07) is 9.64. The van der Waals surface area contributed by atoms with Crippen LogP contribution in [0.5, 0.6) is 5.75 Å². The summed E-state index contributed by atoms with van der Waals surface area (Å²) in [5.74, 6) is 1.48. The van der Waals surface area contributed by atoms with E-state index in [0.29, 0.717) is 43.9 Å². The zero-order valence-corrected chi connectivity index (χ0v) is 18.1. The van der Waals surface area contributed by atoms with E-state index in [9.17, 15) is 9.59 Å². The Morgan fingerprint density at radius 2 is 1.83 bits per heavy atom. The number of para-hydroxylation sites is 2. The SMILES string of the molecule is CCCN(CCC(=O)N1CCN(c2ccccc2OC)CC1)C(=O)c1ccoc1C. The number of furan rings is 1. The minimum absolute atomic E-state index is 0.0723. The van der Waals surface area contributed by atoms with Crippen LogP contribution in [0, 0.1) is 6.92 Å². The number of aryl methyl sites for hydroxylation is 1. The van der Waals surface area contributed by atoms with Crippen LogP contribution in [0.1, 0.15) is 35.9 Å². The highest BCUT2D eigenvalue weighted by Gasteiger charge is 2.24. The number of hydrogen-bond donors (Lipinski definition) is 0. The Bertz CT molecular complexity index is 856. The molecule has 0 radical (unpaired) electrons. The van der Waals surface area contributed by atoms with Crippen LogP contribution in [0.2, 0.25) is 0 Å². The first-order valence-electron chi connectivity index (χ1n) is 10.5. The second kappa shape index (κ2) is 10.2. The van der Waals surface area contributed by atoms with Crippen molar-refractivity contribution in [3.8, 4) is 5.75 Å².